The number of nitrogens with zero attached hydrogens (tertiary/aromatic N) is 2. The van der Waals surface area contributed by atoms with Crippen LogP contribution in [0.2, 0.25) is 0 Å². The van der Waals surface area contributed by atoms with E-state index in [9.17, 15) is 0 Å². The third-order valence-corrected chi connectivity index (χ3v) is 4.63. The van der Waals surface area contributed by atoms with Gasteiger partial charge in [0.2, 0.25) is 0 Å². The molecule has 2 saturated heterocycles. The molecule has 0 saturated carbocycles. The maximum Gasteiger partial charge on any atom is 0.104 e. The number of hydrogen-bond donors (Lipinski definition) is 0. The zero-order valence-electron chi connectivity index (χ0n) is 16.2. The molecule has 6 nitrogen and oxygen atoms in total. The highest BCUT2D eigenvalue weighted by atomic mass is 16.6. The Morgan fingerprint density at radius 1 is 0.769 bits per heavy atom. The Bertz CT molecular complexity index is 509. The fraction of sp³-hybridized carbons (Fsp3) is 0.800. The van der Waals surface area contributed by atoms with Gasteiger partial charge in [0.15, 0.2) is 0 Å². The van der Waals surface area contributed by atoms with Crippen molar-refractivity contribution in [1.82, 2.24) is 9.97 Å². The molecule has 26 heavy (non-hydrogen) atoms. The molecule has 0 N–H and O–H groups in total. The lowest BCUT2D eigenvalue weighted by molar-refractivity contribution is 0.0970. The van der Waals surface area contributed by atoms with Crippen LogP contribution in [-0.4, -0.2) is 48.6 Å². The maximum atomic E-state index is 5.81. The predicted octanol–water partition coefficient (Wildman–Crippen LogP) is 2.99. The van der Waals surface area contributed by atoms with Crippen molar-refractivity contribution in [2.24, 2.45) is 0 Å². The molecular formula is C20H32N2O4. The summed E-state index contributed by atoms with van der Waals surface area (Å²) in [6.45, 7) is 8.35. The van der Waals surface area contributed by atoms with Gasteiger partial charge < -0.3 is 18.9 Å². The van der Waals surface area contributed by atoms with Crippen LogP contribution in [0.1, 0.15) is 62.3 Å². The van der Waals surface area contributed by atoms with Crippen molar-refractivity contribution < 1.29 is 18.9 Å². The lowest BCUT2D eigenvalue weighted by atomic mass is 10.1. The van der Waals surface area contributed by atoms with Gasteiger partial charge in [0.1, 0.15) is 12.2 Å². The summed E-state index contributed by atoms with van der Waals surface area (Å²) in [7, 11) is 0. The van der Waals surface area contributed by atoms with E-state index < -0.39 is 0 Å². The SMILES string of the molecule is CCCCc1nc(COCC2CO2)c(CCCC)nc1COCC1CO1. The van der Waals surface area contributed by atoms with E-state index in [1.807, 2.05) is 0 Å². The minimum atomic E-state index is 0.277. The van der Waals surface area contributed by atoms with Crippen molar-refractivity contribution in [1.29, 1.82) is 0 Å². The number of unbranched alkanes of at least 4 members (excludes halogenated alkanes) is 2. The Hall–Kier alpha value is -1.08. The first-order valence-corrected chi connectivity index (χ1v) is 10.1. The average molecular weight is 364 g/mol. The van der Waals surface area contributed by atoms with E-state index in [4.69, 9.17) is 28.9 Å². The summed E-state index contributed by atoms with van der Waals surface area (Å²) < 4.78 is 22.1. The van der Waals surface area contributed by atoms with Crippen LogP contribution in [0.15, 0.2) is 0 Å². The monoisotopic (exact) mass is 364 g/mol. The Kier molecular flexibility index (Phi) is 7.80. The topological polar surface area (TPSA) is 69.3 Å². The van der Waals surface area contributed by atoms with Gasteiger partial charge in [0, 0.05) is 0 Å². The highest BCUT2D eigenvalue weighted by Crippen LogP contribution is 2.18. The van der Waals surface area contributed by atoms with Crippen LogP contribution in [0, 0.1) is 0 Å². The fourth-order valence-electron chi connectivity index (χ4n) is 2.81. The normalized spacial score (nSPS) is 21.2. The molecule has 3 heterocycles. The second-order valence-corrected chi connectivity index (χ2v) is 7.16. The van der Waals surface area contributed by atoms with Gasteiger partial charge in [-0.05, 0) is 25.7 Å². The Labute approximate surface area is 156 Å². The zero-order chi connectivity index (χ0) is 18.2. The first-order valence-electron chi connectivity index (χ1n) is 10.1. The smallest absolute Gasteiger partial charge is 0.104 e. The molecule has 0 amide bonds. The van der Waals surface area contributed by atoms with Crippen LogP contribution in [0.4, 0.5) is 0 Å². The van der Waals surface area contributed by atoms with E-state index in [0.717, 1.165) is 74.5 Å². The molecule has 0 aliphatic carbocycles. The van der Waals surface area contributed by atoms with E-state index >= 15 is 0 Å². The van der Waals surface area contributed by atoms with Crippen LogP contribution >= 0.6 is 0 Å². The summed E-state index contributed by atoms with van der Waals surface area (Å²) >= 11 is 0. The number of aryl methyl sites for hydroxylation is 2. The minimum Gasteiger partial charge on any atom is -0.372 e. The van der Waals surface area contributed by atoms with Crippen molar-refractivity contribution >= 4 is 0 Å². The lowest BCUT2D eigenvalue weighted by Gasteiger charge is -2.15. The summed E-state index contributed by atoms with van der Waals surface area (Å²) in [6, 6.07) is 0. The minimum absolute atomic E-state index is 0.277. The summed E-state index contributed by atoms with van der Waals surface area (Å²) in [5.74, 6) is 0. The molecule has 2 fully saturated rings. The van der Waals surface area contributed by atoms with Gasteiger partial charge in [0.05, 0.1) is 62.4 Å². The van der Waals surface area contributed by atoms with Gasteiger partial charge in [-0.2, -0.15) is 0 Å². The molecule has 146 valence electrons. The maximum absolute atomic E-state index is 5.81. The molecule has 3 rings (SSSR count). The quantitative estimate of drug-likeness (QED) is 0.473. The molecule has 0 radical (unpaired) electrons. The molecular weight excluding hydrogens is 332 g/mol. The third-order valence-electron chi connectivity index (χ3n) is 4.63. The number of ether oxygens (including phenoxy) is 4. The molecule has 1 aromatic rings. The fourth-order valence-corrected chi connectivity index (χ4v) is 2.81. The van der Waals surface area contributed by atoms with E-state index in [1.54, 1.807) is 0 Å². The van der Waals surface area contributed by atoms with Crippen LogP contribution in [0.3, 0.4) is 0 Å². The molecule has 0 bridgehead atoms. The van der Waals surface area contributed by atoms with Crippen molar-refractivity contribution in [2.45, 2.75) is 77.8 Å². The van der Waals surface area contributed by atoms with Crippen molar-refractivity contribution in [3.05, 3.63) is 22.8 Å². The molecule has 2 aliphatic heterocycles. The van der Waals surface area contributed by atoms with E-state index in [1.165, 1.54) is 0 Å². The molecule has 0 spiro atoms. The Morgan fingerprint density at radius 2 is 1.19 bits per heavy atom. The van der Waals surface area contributed by atoms with E-state index in [-0.39, 0.29) is 12.2 Å². The first-order chi connectivity index (χ1) is 12.8. The summed E-state index contributed by atoms with van der Waals surface area (Å²) in [5.41, 5.74) is 4.09. The number of aromatic nitrogens is 2. The zero-order valence-corrected chi connectivity index (χ0v) is 16.2. The van der Waals surface area contributed by atoms with Gasteiger partial charge in [0.25, 0.3) is 0 Å². The molecule has 2 atom stereocenters. The Balaban J connectivity index is 1.69. The largest absolute Gasteiger partial charge is 0.372 e. The number of epoxide rings is 2. The van der Waals surface area contributed by atoms with Crippen molar-refractivity contribution in [3.63, 3.8) is 0 Å². The van der Waals surface area contributed by atoms with Gasteiger partial charge in [-0.15, -0.1) is 0 Å². The average Bonchev–Trinajstić information content (AvgIpc) is 3.54. The highest BCUT2D eigenvalue weighted by molar-refractivity contribution is 5.21. The highest BCUT2D eigenvalue weighted by Gasteiger charge is 2.24. The van der Waals surface area contributed by atoms with E-state index in [0.29, 0.717) is 26.4 Å². The van der Waals surface area contributed by atoms with Crippen molar-refractivity contribution in [2.75, 3.05) is 26.4 Å². The summed E-state index contributed by atoms with van der Waals surface area (Å²) in [4.78, 5) is 9.91. The lowest BCUT2D eigenvalue weighted by Crippen LogP contribution is -2.14. The number of rotatable bonds is 14. The molecule has 1 aromatic heterocycles. The van der Waals surface area contributed by atoms with Gasteiger partial charge in [-0.1, -0.05) is 26.7 Å². The number of hydrogen-bond acceptors (Lipinski definition) is 6. The van der Waals surface area contributed by atoms with Gasteiger partial charge in [-0.25, -0.2) is 0 Å². The Morgan fingerprint density at radius 3 is 1.54 bits per heavy atom. The standard InChI is InChI=1S/C20H32N2O4/c1-3-5-7-17-19(13-23-9-15-11-25-15)22-18(8-6-4-2)20(21-17)14-24-10-16-12-26-16/h15-16H,3-14H2,1-2H3. The van der Waals surface area contributed by atoms with Crippen LogP contribution in [-0.2, 0) is 45.0 Å². The van der Waals surface area contributed by atoms with Crippen LogP contribution in [0.5, 0.6) is 0 Å². The van der Waals surface area contributed by atoms with Crippen molar-refractivity contribution in [3.8, 4) is 0 Å². The van der Waals surface area contributed by atoms with Gasteiger partial charge >= 0.3 is 0 Å². The van der Waals surface area contributed by atoms with E-state index in [2.05, 4.69) is 13.8 Å². The predicted molar refractivity (Wildman–Crippen MR) is 98.0 cm³/mol. The van der Waals surface area contributed by atoms with Gasteiger partial charge in [-0.3, -0.25) is 9.97 Å². The third kappa shape index (κ3) is 6.58. The van der Waals surface area contributed by atoms with Crippen LogP contribution < -0.4 is 0 Å². The second-order valence-electron chi connectivity index (χ2n) is 7.16. The van der Waals surface area contributed by atoms with Crippen LogP contribution in [0.25, 0.3) is 0 Å². The summed E-state index contributed by atoms with van der Waals surface area (Å²) in [5, 5.41) is 0. The molecule has 0 aromatic carbocycles. The molecule has 6 heteroatoms. The summed E-state index contributed by atoms with van der Waals surface area (Å²) in [6.07, 6.45) is 6.93. The molecule has 2 aliphatic rings. The first kappa shape index (κ1) is 19.7. The molecule has 2 unspecified atom stereocenters. The second kappa shape index (κ2) is 10.3.